The van der Waals surface area contributed by atoms with E-state index in [0.717, 1.165) is 29.8 Å². The molecule has 2 heterocycles. The van der Waals surface area contributed by atoms with E-state index >= 15 is 0 Å². The Balaban J connectivity index is 1.60. The predicted octanol–water partition coefficient (Wildman–Crippen LogP) is 2.34. The van der Waals surface area contributed by atoms with Gasteiger partial charge < -0.3 is 19.8 Å². The van der Waals surface area contributed by atoms with Gasteiger partial charge in [-0.3, -0.25) is 9.59 Å². The van der Waals surface area contributed by atoms with Gasteiger partial charge in [0.25, 0.3) is 11.5 Å². The highest BCUT2D eigenvalue weighted by atomic mass is 16.6. The minimum atomic E-state index is -0.366. The van der Waals surface area contributed by atoms with Crippen LogP contribution in [0.3, 0.4) is 0 Å². The summed E-state index contributed by atoms with van der Waals surface area (Å²) in [4.78, 5) is 27.3. The van der Waals surface area contributed by atoms with Crippen molar-refractivity contribution in [2.75, 3.05) is 13.2 Å². The monoisotopic (exact) mass is 340 g/mol. The highest BCUT2D eigenvalue weighted by Crippen LogP contribution is 2.43. The minimum absolute atomic E-state index is 0.133. The van der Waals surface area contributed by atoms with Crippen LogP contribution in [0, 0.1) is 12.8 Å². The molecule has 2 aromatic rings. The second kappa shape index (κ2) is 6.27. The van der Waals surface area contributed by atoms with E-state index in [2.05, 4.69) is 10.3 Å². The van der Waals surface area contributed by atoms with Crippen LogP contribution in [0.5, 0.6) is 11.5 Å². The van der Waals surface area contributed by atoms with Crippen molar-refractivity contribution in [1.29, 1.82) is 0 Å². The van der Waals surface area contributed by atoms with E-state index in [4.69, 9.17) is 9.47 Å². The molecule has 6 heteroatoms. The van der Waals surface area contributed by atoms with Crippen molar-refractivity contribution >= 4 is 5.91 Å². The van der Waals surface area contributed by atoms with Crippen LogP contribution in [-0.4, -0.2) is 24.1 Å². The van der Waals surface area contributed by atoms with Crippen molar-refractivity contribution in [1.82, 2.24) is 10.3 Å². The quantitative estimate of drug-likeness (QED) is 0.895. The number of nitrogens with one attached hydrogen (secondary N) is 2. The van der Waals surface area contributed by atoms with Gasteiger partial charge in [-0.25, -0.2) is 0 Å². The number of H-pyrrole nitrogens is 1. The van der Waals surface area contributed by atoms with Crippen molar-refractivity contribution in [3.8, 4) is 11.5 Å². The standard InChI is InChI=1S/C19H20N2O4/c1-11-2-6-14(18(22)20-11)19(23)21-17(12-3-4-12)13-5-7-15-16(10-13)25-9-8-24-15/h2,5-7,10,12,17H,3-4,8-9H2,1H3,(H,20,22)(H,21,23)/t17-/m1/s1. The largest absolute Gasteiger partial charge is 0.486 e. The Morgan fingerprint density at radius 1 is 1.16 bits per heavy atom. The molecular formula is C19H20N2O4. The van der Waals surface area contributed by atoms with E-state index < -0.39 is 0 Å². The summed E-state index contributed by atoms with van der Waals surface area (Å²) in [5.41, 5.74) is 1.47. The molecule has 0 bridgehead atoms. The summed E-state index contributed by atoms with van der Waals surface area (Å²) < 4.78 is 11.2. The molecule has 0 saturated heterocycles. The number of aryl methyl sites for hydroxylation is 1. The Morgan fingerprint density at radius 2 is 1.92 bits per heavy atom. The van der Waals surface area contributed by atoms with Crippen LogP contribution in [0.2, 0.25) is 0 Å². The number of aromatic nitrogens is 1. The number of pyridine rings is 1. The number of rotatable bonds is 4. The Bertz CT molecular complexity index is 870. The third kappa shape index (κ3) is 3.24. The van der Waals surface area contributed by atoms with E-state index in [-0.39, 0.29) is 23.1 Å². The summed E-state index contributed by atoms with van der Waals surface area (Å²) in [6, 6.07) is 8.92. The molecule has 0 unspecified atom stereocenters. The molecule has 130 valence electrons. The average Bonchev–Trinajstić information content (AvgIpc) is 3.44. The number of aromatic amines is 1. The van der Waals surface area contributed by atoms with Gasteiger partial charge in [-0.05, 0) is 55.5 Å². The number of carbonyl (C=O) groups is 1. The fourth-order valence-electron chi connectivity index (χ4n) is 3.13. The third-order valence-corrected chi connectivity index (χ3v) is 4.61. The number of fused-ring (bicyclic) bond motifs is 1. The first-order chi connectivity index (χ1) is 12.1. The molecule has 2 N–H and O–H groups in total. The molecule has 0 spiro atoms. The molecular weight excluding hydrogens is 320 g/mol. The molecule has 1 amide bonds. The summed E-state index contributed by atoms with van der Waals surface area (Å²) in [7, 11) is 0. The van der Waals surface area contributed by atoms with E-state index in [0.29, 0.717) is 24.9 Å². The fraction of sp³-hybridized carbons (Fsp3) is 0.368. The molecule has 2 aliphatic rings. The van der Waals surface area contributed by atoms with Gasteiger partial charge in [0.05, 0.1) is 6.04 Å². The number of ether oxygens (including phenoxy) is 2. The maximum Gasteiger partial charge on any atom is 0.260 e. The van der Waals surface area contributed by atoms with E-state index in [9.17, 15) is 9.59 Å². The zero-order chi connectivity index (χ0) is 17.4. The molecule has 1 saturated carbocycles. The van der Waals surface area contributed by atoms with Crippen LogP contribution in [-0.2, 0) is 0 Å². The lowest BCUT2D eigenvalue weighted by molar-refractivity contribution is 0.0930. The van der Waals surface area contributed by atoms with Crippen LogP contribution in [0.1, 0.15) is 40.5 Å². The van der Waals surface area contributed by atoms with Crippen molar-refractivity contribution in [3.63, 3.8) is 0 Å². The van der Waals surface area contributed by atoms with Gasteiger partial charge in [0.1, 0.15) is 18.8 Å². The number of amides is 1. The molecule has 1 aromatic carbocycles. The van der Waals surface area contributed by atoms with Gasteiger partial charge in [0.2, 0.25) is 0 Å². The number of benzene rings is 1. The van der Waals surface area contributed by atoms with Crippen LogP contribution in [0.4, 0.5) is 0 Å². The van der Waals surface area contributed by atoms with Gasteiger partial charge in [0, 0.05) is 5.69 Å². The highest BCUT2D eigenvalue weighted by molar-refractivity contribution is 5.94. The van der Waals surface area contributed by atoms with Gasteiger partial charge in [-0.15, -0.1) is 0 Å². The molecule has 4 rings (SSSR count). The van der Waals surface area contributed by atoms with Crippen molar-refractivity contribution in [3.05, 3.63) is 57.5 Å². The van der Waals surface area contributed by atoms with Gasteiger partial charge in [0.15, 0.2) is 11.5 Å². The zero-order valence-corrected chi connectivity index (χ0v) is 14.0. The maximum atomic E-state index is 12.6. The molecule has 1 aliphatic carbocycles. The van der Waals surface area contributed by atoms with Gasteiger partial charge >= 0.3 is 0 Å². The molecule has 1 aromatic heterocycles. The highest BCUT2D eigenvalue weighted by Gasteiger charge is 2.34. The van der Waals surface area contributed by atoms with Crippen molar-refractivity contribution in [2.24, 2.45) is 5.92 Å². The lowest BCUT2D eigenvalue weighted by Crippen LogP contribution is -2.34. The molecule has 6 nitrogen and oxygen atoms in total. The Kier molecular flexibility index (Phi) is 3.95. The lowest BCUT2D eigenvalue weighted by Gasteiger charge is -2.23. The van der Waals surface area contributed by atoms with E-state index in [1.807, 2.05) is 18.2 Å². The smallest absolute Gasteiger partial charge is 0.260 e. The summed E-state index contributed by atoms with van der Waals surface area (Å²) >= 11 is 0. The summed E-state index contributed by atoms with van der Waals surface area (Å²) in [5, 5.41) is 3.02. The van der Waals surface area contributed by atoms with E-state index in [1.165, 1.54) is 0 Å². The molecule has 0 radical (unpaired) electrons. The Hall–Kier alpha value is -2.76. The lowest BCUT2D eigenvalue weighted by atomic mass is 10.0. The zero-order valence-electron chi connectivity index (χ0n) is 14.0. The summed E-state index contributed by atoms with van der Waals surface area (Å²) in [6.07, 6.45) is 2.12. The summed E-state index contributed by atoms with van der Waals surface area (Å²) in [5.74, 6) is 1.46. The first kappa shape index (κ1) is 15.7. The van der Waals surface area contributed by atoms with Crippen molar-refractivity contribution < 1.29 is 14.3 Å². The third-order valence-electron chi connectivity index (χ3n) is 4.61. The normalized spacial score (nSPS) is 17.0. The average molecular weight is 340 g/mol. The van der Waals surface area contributed by atoms with Gasteiger partial charge in [-0.1, -0.05) is 6.07 Å². The Morgan fingerprint density at radius 3 is 2.64 bits per heavy atom. The molecule has 25 heavy (non-hydrogen) atoms. The first-order valence-electron chi connectivity index (χ1n) is 8.52. The van der Waals surface area contributed by atoms with Crippen LogP contribution < -0.4 is 20.3 Å². The summed E-state index contributed by atoms with van der Waals surface area (Å²) in [6.45, 7) is 2.85. The predicted molar refractivity (Wildman–Crippen MR) is 92.2 cm³/mol. The molecule has 1 atom stereocenters. The SMILES string of the molecule is Cc1ccc(C(=O)N[C@@H](c2ccc3c(c2)OCCO3)C2CC2)c(=O)[nH]1. The van der Waals surface area contributed by atoms with Crippen LogP contribution >= 0.6 is 0 Å². The van der Waals surface area contributed by atoms with Crippen molar-refractivity contribution in [2.45, 2.75) is 25.8 Å². The number of hydrogen-bond donors (Lipinski definition) is 2. The minimum Gasteiger partial charge on any atom is -0.486 e. The van der Waals surface area contributed by atoms with E-state index in [1.54, 1.807) is 19.1 Å². The Labute approximate surface area is 145 Å². The molecule has 1 fully saturated rings. The number of carbonyl (C=O) groups excluding carboxylic acids is 1. The second-order valence-corrected chi connectivity index (χ2v) is 6.58. The number of hydrogen-bond acceptors (Lipinski definition) is 4. The maximum absolute atomic E-state index is 12.6. The fourth-order valence-corrected chi connectivity index (χ4v) is 3.13. The second-order valence-electron chi connectivity index (χ2n) is 6.58. The van der Waals surface area contributed by atoms with Gasteiger partial charge in [-0.2, -0.15) is 0 Å². The first-order valence-corrected chi connectivity index (χ1v) is 8.52. The molecule has 1 aliphatic heterocycles. The van der Waals surface area contributed by atoms with Crippen LogP contribution in [0.25, 0.3) is 0 Å². The van der Waals surface area contributed by atoms with Crippen LogP contribution in [0.15, 0.2) is 35.1 Å². The topological polar surface area (TPSA) is 80.4 Å².